The minimum absolute atomic E-state index is 0.122. The van der Waals surface area contributed by atoms with Crippen LogP contribution in [-0.4, -0.2) is 32.3 Å². The van der Waals surface area contributed by atoms with Crippen LogP contribution in [0.1, 0.15) is 41.6 Å². The van der Waals surface area contributed by atoms with E-state index in [1.54, 1.807) is 30.3 Å². The SMILES string of the molecule is NC1=NS(=O)(=O)Nc2cccc(OCC3(NC(=O)c4ccccc4)CCCC3)c21. The third-order valence-corrected chi connectivity index (χ3v) is 6.13. The molecule has 1 saturated carbocycles. The Hall–Kier alpha value is -3.07. The number of nitrogens with zero attached hydrogens (tertiary/aromatic N) is 1. The first-order valence-electron chi connectivity index (χ1n) is 9.39. The molecule has 0 unspecified atom stereocenters. The Morgan fingerprint density at radius 1 is 1.14 bits per heavy atom. The molecule has 1 aliphatic heterocycles. The number of hydrogen-bond acceptors (Lipinski definition) is 5. The Kier molecular flexibility index (Phi) is 4.91. The average molecular weight is 414 g/mol. The van der Waals surface area contributed by atoms with Gasteiger partial charge in [0.2, 0.25) is 0 Å². The molecule has 2 aliphatic rings. The van der Waals surface area contributed by atoms with Crippen LogP contribution in [0.3, 0.4) is 0 Å². The van der Waals surface area contributed by atoms with E-state index in [0.29, 0.717) is 22.6 Å². The Balaban J connectivity index is 1.55. The van der Waals surface area contributed by atoms with Gasteiger partial charge in [0.25, 0.3) is 5.91 Å². The summed E-state index contributed by atoms with van der Waals surface area (Å²) in [6, 6.07) is 14.1. The van der Waals surface area contributed by atoms with Crippen molar-refractivity contribution in [2.24, 2.45) is 10.1 Å². The van der Waals surface area contributed by atoms with E-state index in [4.69, 9.17) is 10.5 Å². The molecule has 8 nitrogen and oxygen atoms in total. The molecule has 152 valence electrons. The molecule has 29 heavy (non-hydrogen) atoms. The molecule has 0 bridgehead atoms. The summed E-state index contributed by atoms with van der Waals surface area (Å²) < 4.78 is 35.4. The van der Waals surface area contributed by atoms with Crippen LogP contribution < -0.4 is 20.5 Å². The third-order valence-electron chi connectivity index (χ3n) is 5.22. The first-order chi connectivity index (χ1) is 13.9. The van der Waals surface area contributed by atoms with Gasteiger partial charge in [0.1, 0.15) is 12.4 Å². The van der Waals surface area contributed by atoms with Crippen molar-refractivity contribution in [1.29, 1.82) is 0 Å². The predicted molar refractivity (Wildman–Crippen MR) is 110 cm³/mol. The van der Waals surface area contributed by atoms with Gasteiger partial charge in [-0.1, -0.05) is 37.1 Å². The molecule has 1 amide bonds. The molecule has 2 aromatic carbocycles. The highest BCUT2D eigenvalue weighted by atomic mass is 32.2. The molecule has 1 heterocycles. The summed E-state index contributed by atoms with van der Waals surface area (Å²) in [5.74, 6) is 0.162. The fourth-order valence-corrected chi connectivity index (χ4v) is 4.66. The zero-order valence-electron chi connectivity index (χ0n) is 15.7. The summed E-state index contributed by atoms with van der Waals surface area (Å²) in [6.07, 6.45) is 3.59. The van der Waals surface area contributed by atoms with Gasteiger partial charge >= 0.3 is 10.2 Å². The maximum absolute atomic E-state index is 12.7. The van der Waals surface area contributed by atoms with Crippen LogP contribution in [0.4, 0.5) is 5.69 Å². The standard InChI is InChI=1S/C20H22N4O4S/c21-18-17-15(23-29(26,27)24-18)9-6-10-16(17)28-13-20(11-4-5-12-20)22-19(25)14-7-2-1-3-8-14/h1-3,6-10,23H,4-5,11-13H2,(H2,21,24)(H,22,25). The second-order valence-electron chi connectivity index (χ2n) is 7.33. The number of ether oxygens (including phenoxy) is 1. The number of carbonyl (C=O) groups is 1. The van der Waals surface area contributed by atoms with Gasteiger partial charge in [0, 0.05) is 5.56 Å². The molecular weight excluding hydrogens is 392 g/mol. The van der Waals surface area contributed by atoms with E-state index in [0.717, 1.165) is 25.7 Å². The molecule has 0 spiro atoms. The number of rotatable bonds is 5. The van der Waals surface area contributed by atoms with E-state index >= 15 is 0 Å². The number of anilines is 1. The van der Waals surface area contributed by atoms with Gasteiger partial charge in [-0.15, -0.1) is 4.40 Å². The lowest BCUT2D eigenvalue weighted by Crippen LogP contribution is -2.50. The van der Waals surface area contributed by atoms with E-state index in [1.165, 1.54) is 0 Å². The molecule has 0 aromatic heterocycles. The molecule has 4 N–H and O–H groups in total. The molecule has 0 atom stereocenters. The van der Waals surface area contributed by atoms with Gasteiger partial charge in [-0.25, -0.2) is 0 Å². The quantitative estimate of drug-likeness (QED) is 0.692. The molecule has 1 fully saturated rings. The van der Waals surface area contributed by atoms with Crippen LogP contribution in [0.25, 0.3) is 0 Å². The van der Waals surface area contributed by atoms with Crippen LogP contribution in [0, 0.1) is 0 Å². The summed E-state index contributed by atoms with van der Waals surface area (Å²) in [7, 11) is -3.85. The first kappa shape index (κ1) is 19.3. The van der Waals surface area contributed by atoms with Crippen LogP contribution in [0.15, 0.2) is 52.9 Å². The van der Waals surface area contributed by atoms with Gasteiger partial charge < -0.3 is 15.8 Å². The monoisotopic (exact) mass is 414 g/mol. The van der Waals surface area contributed by atoms with Gasteiger partial charge in [0.05, 0.1) is 16.8 Å². The van der Waals surface area contributed by atoms with Gasteiger partial charge in [0.15, 0.2) is 5.84 Å². The van der Waals surface area contributed by atoms with Gasteiger partial charge in [-0.05, 0) is 37.1 Å². The maximum atomic E-state index is 12.7. The number of hydrogen-bond donors (Lipinski definition) is 3. The summed E-state index contributed by atoms with van der Waals surface area (Å²) in [5.41, 5.74) is 6.72. The van der Waals surface area contributed by atoms with Crippen molar-refractivity contribution < 1.29 is 17.9 Å². The van der Waals surface area contributed by atoms with Crippen molar-refractivity contribution in [2.75, 3.05) is 11.3 Å². The van der Waals surface area contributed by atoms with Crippen LogP contribution in [-0.2, 0) is 10.2 Å². The zero-order valence-corrected chi connectivity index (χ0v) is 16.5. The lowest BCUT2D eigenvalue weighted by molar-refractivity contribution is 0.0855. The van der Waals surface area contributed by atoms with Crippen LogP contribution in [0.5, 0.6) is 5.75 Å². The minimum Gasteiger partial charge on any atom is -0.490 e. The fourth-order valence-electron chi connectivity index (χ4n) is 3.81. The largest absolute Gasteiger partial charge is 0.490 e. The van der Waals surface area contributed by atoms with E-state index in [9.17, 15) is 13.2 Å². The minimum atomic E-state index is -3.85. The molecule has 2 aromatic rings. The second kappa shape index (κ2) is 7.40. The summed E-state index contributed by atoms with van der Waals surface area (Å²) in [6.45, 7) is 0.252. The highest BCUT2D eigenvalue weighted by Gasteiger charge is 2.37. The molecule has 9 heteroatoms. The number of benzene rings is 2. The van der Waals surface area contributed by atoms with Gasteiger partial charge in [-0.2, -0.15) is 8.42 Å². The molecular formula is C20H22N4O4S. The number of nitrogens with two attached hydrogens (primary N) is 1. The lowest BCUT2D eigenvalue weighted by Gasteiger charge is -2.31. The summed E-state index contributed by atoms with van der Waals surface area (Å²) in [4.78, 5) is 12.7. The van der Waals surface area contributed by atoms with E-state index < -0.39 is 15.7 Å². The first-order valence-corrected chi connectivity index (χ1v) is 10.8. The van der Waals surface area contributed by atoms with Crippen molar-refractivity contribution in [1.82, 2.24) is 5.32 Å². The Morgan fingerprint density at radius 3 is 2.59 bits per heavy atom. The zero-order chi connectivity index (χ0) is 20.5. The molecule has 0 radical (unpaired) electrons. The van der Waals surface area contributed by atoms with Crippen molar-refractivity contribution in [2.45, 2.75) is 31.2 Å². The Morgan fingerprint density at radius 2 is 1.86 bits per heavy atom. The van der Waals surface area contributed by atoms with E-state index in [2.05, 4.69) is 14.4 Å². The lowest BCUT2D eigenvalue weighted by atomic mass is 9.98. The van der Waals surface area contributed by atoms with E-state index in [1.807, 2.05) is 18.2 Å². The number of fused-ring (bicyclic) bond motifs is 1. The summed E-state index contributed by atoms with van der Waals surface area (Å²) in [5, 5.41) is 3.15. The smallest absolute Gasteiger partial charge is 0.344 e. The van der Waals surface area contributed by atoms with Crippen molar-refractivity contribution >= 4 is 27.6 Å². The fraction of sp³-hybridized carbons (Fsp3) is 0.300. The van der Waals surface area contributed by atoms with Crippen molar-refractivity contribution in [3.8, 4) is 5.75 Å². The molecule has 4 rings (SSSR count). The molecule has 0 saturated heterocycles. The van der Waals surface area contributed by atoms with Crippen LogP contribution >= 0.6 is 0 Å². The topological polar surface area (TPSA) is 123 Å². The number of amidine groups is 1. The van der Waals surface area contributed by atoms with E-state index in [-0.39, 0.29) is 18.3 Å². The van der Waals surface area contributed by atoms with Crippen molar-refractivity contribution in [3.05, 3.63) is 59.7 Å². The highest BCUT2D eigenvalue weighted by molar-refractivity contribution is 7.91. The Bertz CT molecular complexity index is 1060. The third kappa shape index (κ3) is 4.04. The summed E-state index contributed by atoms with van der Waals surface area (Å²) >= 11 is 0. The highest BCUT2D eigenvalue weighted by Crippen LogP contribution is 2.34. The normalized spacial score (nSPS) is 18.8. The number of amides is 1. The maximum Gasteiger partial charge on any atom is 0.344 e. The van der Waals surface area contributed by atoms with Crippen molar-refractivity contribution in [3.63, 3.8) is 0 Å². The predicted octanol–water partition coefficient (Wildman–Crippen LogP) is 2.18. The number of nitrogens with one attached hydrogen (secondary N) is 2. The number of carbonyl (C=O) groups excluding carboxylic acids is 1. The Labute approximate surface area is 169 Å². The average Bonchev–Trinajstić information content (AvgIpc) is 3.14. The second-order valence-corrected chi connectivity index (χ2v) is 8.67. The van der Waals surface area contributed by atoms with Gasteiger partial charge in [-0.3, -0.25) is 9.52 Å². The molecule has 1 aliphatic carbocycles. The van der Waals surface area contributed by atoms with Crippen LogP contribution in [0.2, 0.25) is 0 Å².